The molecule has 0 unspecified atom stereocenters. The predicted molar refractivity (Wildman–Crippen MR) is 119 cm³/mol. The Morgan fingerprint density at radius 2 is 1.61 bits per heavy atom. The number of carbonyl (C=O) groups excluding carboxylic acids is 2. The Labute approximate surface area is 182 Å². The molecule has 0 fully saturated rings. The molecule has 0 spiro atoms. The third kappa shape index (κ3) is 5.42. The topological polar surface area (TPSA) is 65.1 Å². The summed E-state index contributed by atoms with van der Waals surface area (Å²) in [4.78, 5) is 27.3. The summed E-state index contributed by atoms with van der Waals surface area (Å²) >= 11 is 0. The van der Waals surface area contributed by atoms with Gasteiger partial charge in [-0.1, -0.05) is 48.5 Å². The van der Waals surface area contributed by atoms with Crippen LogP contribution in [-0.4, -0.2) is 32.7 Å². The Hall–Kier alpha value is -3.80. The summed E-state index contributed by atoms with van der Waals surface area (Å²) in [5.74, 6) is -0.311. The summed E-state index contributed by atoms with van der Waals surface area (Å²) in [6, 6.07) is 22.2. The third-order valence-electron chi connectivity index (χ3n) is 4.75. The smallest absolute Gasteiger partial charge is 0.342 e. The Morgan fingerprint density at radius 3 is 2.29 bits per heavy atom. The predicted octanol–water partition coefficient (Wildman–Crippen LogP) is 4.40. The second-order valence-electron chi connectivity index (χ2n) is 6.92. The van der Waals surface area contributed by atoms with Gasteiger partial charge in [-0.25, -0.2) is 4.79 Å². The lowest BCUT2D eigenvalue weighted by Gasteiger charge is -2.23. The van der Waals surface area contributed by atoms with Crippen LogP contribution in [-0.2, 0) is 16.1 Å². The summed E-state index contributed by atoms with van der Waals surface area (Å²) in [5.41, 5.74) is 2.93. The van der Waals surface area contributed by atoms with E-state index in [1.165, 1.54) is 14.2 Å². The zero-order valence-electron chi connectivity index (χ0n) is 17.8. The van der Waals surface area contributed by atoms with Gasteiger partial charge in [0.2, 0.25) is 0 Å². The van der Waals surface area contributed by atoms with Gasteiger partial charge in [-0.05, 0) is 42.3 Å². The number of nitrogens with zero attached hydrogens (tertiary/aromatic N) is 1. The van der Waals surface area contributed by atoms with Crippen LogP contribution in [0.15, 0.2) is 72.8 Å². The molecule has 160 valence electrons. The van der Waals surface area contributed by atoms with Gasteiger partial charge in [0, 0.05) is 5.69 Å². The number of hydrogen-bond acceptors (Lipinski definition) is 5. The van der Waals surface area contributed by atoms with E-state index >= 15 is 0 Å². The van der Waals surface area contributed by atoms with Gasteiger partial charge in [0.25, 0.3) is 5.91 Å². The van der Waals surface area contributed by atoms with E-state index in [4.69, 9.17) is 14.2 Å². The lowest BCUT2D eigenvalue weighted by atomic mass is 10.1. The number of aryl methyl sites for hydroxylation is 1. The monoisotopic (exact) mass is 419 g/mol. The van der Waals surface area contributed by atoms with Crippen LogP contribution in [0.4, 0.5) is 5.69 Å². The molecule has 1 amide bonds. The number of hydrogen-bond donors (Lipinski definition) is 0. The van der Waals surface area contributed by atoms with E-state index in [-0.39, 0.29) is 17.2 Å². The lowest BCUT2D eigenvalue weighted by molar-refractivity contribution is -0.121. The van der Waals surface area contributed by atoms with Crippen LogP contribution < -0.4 is 14.4 Å². The van der Waals surface area contributed by atoms with Crippen LogP contribution in [0, 0.1) is 6.92 Å². The van der Waals surface area contributed by atoms with Crippen molar-refractivity contribution in [3.8, 4) is 11.5 Å². The first-order valence-electron chi connectivity index (χ1n) is 9.82. The van der Waals surface area contributed by atoms with E-state index in [9.17, 15) is 9.59 Å². The number of ether oxygens (including phenoxy) is 3. The Kier molecular flexibility index (Phi) is 7.27. The van der Waals surface area contributed by atoms with Gasteiger partial charge in [-0.15, -0.1) is 0 Å². The van der Waals surface area contributed by atoms with Gasteiger partial charge in [-0.2, -0.15) is 0 Å². The molecule has 0 atom stereocenters. The first kappa shape index (κ1) is 21.9. The van der Waals surface area contributed by atoms with Gasteiger partial charge < -0.3 is 19.1 Å². The molecule has 0 heterocycles. The highest BCUT2D eigenvalue weighted by Crippen LogP contribution is 2.31. The quantitative estimate of drug-likeness (QED) is 0.506. The average Bonchev–Trinajstić information content (AvgIpc) is 2.80. The fourth-order valence-electron chi connectivity index (χ4n) is 3.22. The summed E-state index contributed by atoms with van der Waals surface area (Å²) in [6.07, 6.45) is 0. The van der Waals surface area contributed by atoms with Crippen LogP contribution in [0.25, 0.3) is 0 Å². The van der Waals surface area contributed by atoms with E-state index in [2.05, 4.69) is 0 Å². The van der Waals surface area contributed by atoms with Crippen molar-refractivity contribution in [1.82, 2.24) is 0 Å². The van der Waals surface area contributed by atoms with Gasteiger partial charge in [0.15, 0.2) is 18.1 Å². The number of carbonyl (C=O) groups is 2. The Bertz CT molecular complexity index is 1050. The van der Waals surface area contributed by atoms with Crippen LogP contribution in [0.2, 0.25) is 0 Å². The van der Waals surface area contributed by atoms with E-state index in [1.54, 1.807) is 23.1 Å². The van der Waals surface area contributed by atoms with Crippen molar-refractivity contribution < 1.29 is 23.8 Å². The fraction of sp³-hybridized carbons (Fsp3) is 0.200. The normalized spacial score (nSPS) is 10.3. The minimum absolute atomic E-state index is 0.194. The number of anilines is 1. The molecule has 6 nitrogen and oxygen atoms in total. The molecule has 0 N–H and O–H groups in total. The highest BCUT2D eigenvalue weighted by Gasteiger charge is 2.22. The van der Waals surface area contributed by atoms with Gasteiger partial charge >= 0.3 is 5.97 Å². The molecule has 0 aliphatic heterocycles. The van der Waals surface area contributed by atoms with E-state index in [0.717, 1.165) is 16.8 Å². The van der Waals surface area contributed by atoms with Gasteiger partial charge in [0.05, 0.1) is 20.8 Å². The number of para-hydroxylation sites is 1. The zero-order valence-corrected chi connectivity index (χ0v) is 17.8. The number of benzene rings is 3. The standard InChI is InChI=1S/C25H25NO5/c1-18-9-7-12-20(15-18)26(16-19-10-5-4-6-11-19)23(27)17-31-25(28)21-13-8-14-22(29-2)24(21)30-3/h4-15H,16-17H2,1-3H3. The average molecular weight is 419 g/mol. The number of rotatable bonds is 8. The van der Waals surface area contributed by atoms with Gasteiger partial charge in [-0.3, -0.25) is 4.79 Å². The maximum Gasteiger partial charge on any atom is 0.342 e. The Morgan fingerprint density at radius 1 is 0.871 bits per heavy atom. The highest BCUT2D eigenvalue weighted by atomic mass is 16.5. The van der Waals surface area contributed by atoms with Crippen molar-refractivity contribution in [2.24, 2.45) is 0 Å². The van der Waals surface area contributed by atoms with Crippen molar-refractivity contribution in [2.45, 2.75) is 13.5 Å². The van der Waals surface area contributed by atoms with Gasteiger partial charge in [0.1, 0.15) is 5.56 Å². The molecule has 3 aromatic carbocycles. The molecule has 0 aliphatic rings. The zero-order chi connectivity index (χ0) is 22.2. The largest absolute Gasteiger partial charge is 0.493 e. The molecule has 3 aromatic rings. The van der Waals surface area contributed by atoms with E-state index < -0.39 is 12.6 Å². The molecule has 31 heavy (non-hydrogen) atoms. The maximum atomic E-state index is 13.1. The molecule has 0 radical (unpaired) electrons. The molecule has 6 heteroatoms. The SMILES string of the molecule is COc1cccc(C(=O)OCC(=O)N(Cc2ccccc2)c2cccc(C)c2)c1OC. The summed E-state index contributed by atoms with van der Waals surface area (Å²) in [6.45, 7) is 1.92. The molecule has 0 aromatic heterocycles. The van der Waals surface area contributed by atoms with Crippen LogP contribution in [0.1, 0.15) is 21.5 Å². The van der Waals surface area contributed by atoms with Crippen LogP contribution in [0.3, 0.4) is 0 Å². The summed E-state index contributed by atoms with van der Waals surface area (Å²) in [5, 5.41) is 0. The minimum Gasteiger partial charge on any atom is -0.493 e. The molecule has 0 aliphatic carbocycles. The first-order chi connectivity index (χ1) is 15.0. The second-order valence-corrected chi connectivity index (χ2v) is 6.92. The van der Waals surface area contributed by atoms with E-state index in [0.29, 0.717) is 12.3 Å². The molecule has 0 saturated carbocycles. The van der Waals surface area contributed by atoms with Crippen molar-refractivity contribution >= 4 is 17.6 Å². The molecular weight excluding hydrogens is 394 g/mol. The van der Waals surface area contributed by atoms with Crippen molar-refractivity contribution in [3.63, 3.8) is 0 Å². The van der Waals surface area contributed by atoms with Crippen molar-refractivity contribution in [2.75, 3.05) is 25.7 Å². The molecule has 0 bridgehead atoms. The Balaban J connectivity index is 1.78. The molecule has 0 saturated heterocycles. The van der Waals surface area contributed by atoms with Crippen LogP contribution in [0.5, 0.6) is 11.5 Å². The highest BCUT2D eigenvalue weighted by molar-refractivity contribution is 5.98. The second kappa shape index (κ2) is 10.3. The molecule has 3 rings (SSSR count). The minimum atomic E-state index is -0.659. The maximum absolute atomic E-state index is 13.1. The molecular formula is C25H25NO5. The number of methoxy groups -OCH3 is 2. The van der Waals surface area contributed by atoms with Crippen molar-refractivity contribution in [3.05, 3.63) is 89.5 Å². The van der Waals surface area contributed by atoms with Crippen molar-refractivity contribution in [1.29, 1.82) is 0 Å². The van der Waals surface area contributed by atoms with Crippen LogP contribution >= 0.6 is 0 Å². The van der Waals surface area contributed by atoms with E-state index in [1.807, 2.05) is 61.5 Å². The number of amides is 1. The number of esters is 1. The lowest BCUT2D eigenvalue weighted by Crippen LogP contribution is -2.34. The summed E-state index contributed by atoms with van der Waals surface area (Å²) in [7, 11) is 2.93. The third-order valence-corrected chi connectivity index (χ3v) is 4.75. The first-order valence-corrected chi connectivity index (χ1v) is 9.82. The fourth-order valence-corrected chi connectivity index (χ4v) is 3.22. The summed E-state index contributed by atoms with van der Waals surface area (Å²) < 4.78 is 15.8.